The number of hydrogen-bond acceptors (Lipinski definition) is 8. The molecule has 4 aromatic carbocycles. The summed E-state index contributed by atoms with van der Waals surface area (Å²) in [6.45, 7) is 2.74. The van der Waals surface area contributed by atoms with Crippen molar-refractivity contribution >= 4 is 19.7 Å². The first-order valence-corrected chi connectivity index (χ1v) is 14.6. The summed E-state index contributed by atoms with van der Waals surface area (Å²) in [5, 5.41) is 9.36. The van der Waals surface area contributed by atoms with Gasteiger partial charge in [0.25, 0.3) is 0 Å². The van der Waals surface area contributed by atoms with Crippen molar-refractivity contribution in [3.8, 4) is 23.0 Å². The van der Waals surface area contributed by atoms with Crippen molar-refractivity contribution in [3.63, 3.8) is 0 Å². The van der Waals surface area contributed by atoms with Crippen LogP contribution in [0.4, 0.5) is 0 Å². The normalized spacial score (nSPS) is 11.6. The van der Waals surface area contributed by atoms with Crippen LogP contribution in [0, 0.1) is 0 Å². The quantitative estimate of drug-likeness (QED) is 0.260. The number of ether oxygens (including phenoxy) is 3. The largest absolute Gasteiger partial charge is 0.508 e. The van der Waals surface area contributed by atoms with Gasteiger partial charge in [0.1, 0.15) is 36.2 Å². The van der Waals surface area contributed by atoms with E-state index in [9.17, 15) is 21.9 Å². The van der Waals surface area contributed by atoms with Crippen LogP contribution in [-0.2, 0) is 19.7 Å². The van der Waals surface area contributed by atoms with E-state index in [1.807, 2.05) is 6.92 Å². The molecule has 0 aromatic heterocycles. The zero-order valence-corrected chi connectivity index (χ0v) is 22.1. The van der Waals surface area contributed by atoms with E-state index in [2.05, 4.69) is 0 Å². The molecule has 0 unspecified atom stereocenters. The maximum absolute atomic E-state index is 12.9. The molecule has 0 radical (unpaired) electrons. The summed E-state index contributed by atoms with van der Waals surface area (Å²) < 4.78 is 67.7. The summed E-state index contributed by atoms with van der Waals surface area (Å²) in [7, 11) is -7.38. The Balaban J connectivity index is 1.29. The summed E-state index contributed by atoms with van der Waals surface area (Å²) in [6.07, 6.45) is 0. The number of sulfone groups is 2. The molecule has 0 aliphatic heterocycles. The zero-order chi connectivity index (χ0) is 27.2. The Morgan fingerprint density at radius 1 is 0.500 bits per heavy atom. The second kappa shape index (κ2) is 11.6. The molecule has 0 spiro atoms. The highest BCUT2D eigenvalue weighted by atomic mass is 32.2. The lowest BCUT2D eigenvalue weighted by Crippen LogP contribution is -2.09. The van der Waals surface area contributed by atoms with E-state index in [0.29, 0.717) is 23.9 Å². The van der Waals surface area contributed by atoms with E-state index in [4.69, 9.17) is 14.2 Å². The van der Waals surface area contributed by atoms with Gasteiger partial charge in [-0.3, -0.25) is 0 Å². The second-order valence-electron chi connectivity index (χ2n) is 8.04. The Labute approximate surface area is 221 Å². The Morgan fingerprint density at radius 3 is 1.11 bits per heavy atom. The lowest BCUT2D eigenvalue weighted by molar-refractivity contribution is 0.217. The Hall–Kier alpha value is -4.02. The van der Waals surface area contributed by atoms with Crippen LogP contribution >= 0.6 is 0 Å². The van der Waals surface area contributed by atoms with Crippen molar-refractivity contribution < 1.29 is 36.2 Å². The van der Waals surface area contributed by atoms with Crippen LogP contribution in [-0.4, -0.2) is 41.8 Å². The van der Waals surface area contributed by atoms with Crippen molar-refractivity contribution in [3.05, 3.63) is 97.1 Å². The molecule has 0 saturated heterocycles. The fourth-order valence-electron chi connectivity index (χ4n) is 3.53. The molecule has 4 aromatic rings. The smallest absolute Gasteiger partial charge is 0.206 e. The average molecular weight is 555 g/mol. The number of benzene rings is 4. The highest BCUT2D eigenvalue weighted by Crippen LogP contribution is 2.26. The van der Waals surface area contributed by atoms with Crippen LogP contribution in [0.15, 0.2) is 117 Å². The molecule has 0 bridgehead atoms. The Bertz CT molecular complexity index is 1560. The molecule has 10 heteroatoms. The molecule has 4 rings (SSSR count). The predicted octanol–water partition coefficient (Wildman–Crippen LogP) is 4.91. The third-order valence-electron chi connectivity index (χ3n) is 5.48. The van der Waals surface area contributed by atoms with E-state index in [-0.39, 0.29) is 38.5 Å². The number of hydrogen-bond donors (Lipinski definition) is 1. The molecule has 8 nitrogen and oxygen atoms in total. The van der Waals surface area contributed by atoms with Gasteiger partial charge in [-0.25, -0.2) is 16.8 Å². The van der Waals surface area contributed by atoms with Crippen LogP contribution in [0.5, 0.6) is 23.0 Å². The van der Waals surface area contributed by atoms with Gasteiger partial charge in [-0.2, -0.15) is 0 Å². The van der Waals surface area contributed by atoms with E-state index in [0.717, 1.165) is 0 Å². The van der Waals surface area contributed by atoms with Crippen LogP contribution in [0.2, 0.25) is 0 Å². The molecule has 0 amide bonds. The highest BCUT2D eigenvalue weighted by molar-refractivity contribution is 7.91. The third-order valence-corrected chi connectivity index (χ3v) is 9.05. The standard InChI is InChI=1S/C28H26O8S2/c1-2-34-22-5-13-26(14-6-22)38(32,33)28-17-9-24(10-18-28)36-20-19-35-23-7-15-27(16-8-23)37(30,31)25-11-3-21(29)4-12-25/h3-18,29H,2,19-20H2,1H3. The SMILES string of the molecule is CCOc1ccc(S(=O)(=O)c2ccc(OCCOc3ccc(S(=O)(=O)c4ccc(O)cc4)cc3)cc2)cc1. The molecule has 0 aliphatic carbocycles. The maximum Gasteiger partial charge on any atom is 0.206 e. The molecule has 198 valence electrons. The van der Waals surface area contributed by atoms with Gasteiger partial charge in [-0.05, 0) is 104 Å². The molecule has 38 heavy (non-hydrogen) atoms. The van der Waals surface area contributed by atoms with Crippen LogP contribution in [0.1, 0.15) is 6.92 Å². The first-order valence-electron chi connectivity index (χ1n) is 11.7. The third kappa shape index (κ3) is 6.27. The van der Waals surface area contributed by atoms with Gasteiger partial charge in [0.2, 0.25) is 19.7 Å². The van der Waals surface area contributed by atoms with Crippen molar-refractivity contribution in [1.82, 2.24) is 0 Å². The number of aromatic hydroxyl groups is 1. The molecule has 0 atom stereocenters. The van der Waals surface area contributed by atoms with Crippen LogP contribution in [0.25, 0.3) is 0 Å². The first kappa shape index (κ1) is 27.0. The minimum absolute atomic E-state index is 0.0141. The fourth-order valence-corrected chi connectivity index (χ4v) is 6.05. The van der Waals surface area contributed by atoms with Crippen molar-refractivity contribution in [2.24, 2.45) is 0 Å². The van der Waals surface area contributed by atoms with Gasteiger partial charge in [-0.1, -0.05) is 0 Å². The fraction of sp³-hybridized carbons (Fsp3) is 0.143. The summed E-state index contributed by atoms with van der Waals surface area (Å²) in [4.78, 5) is 0.500. The van der Waals surface area contributed by atoms with E-state index in [1.54, 1.807) is 36.4 Å². The minimum atomic E-state index is -3.71. The Morgan fingerprint density at radius 2 is 0.789 bits per heavy atom. The minimum Gasteiger partial charge on any atom is -0.508 e. The van der Waals surface area contributed by atoms with E-state index < -0.39 is 19.7 Å². The monoisotopic (exact) mass is 554 g/mol. The Kier molecular flexibility index (Phi) is 8.23. The molecule has 0 heterocycles. The van der Waals surface area contributed by atoms with Crippen LogP contribution < -0.4 is 14.2 Å². The van der Waals surface area contributed by atoms with Crippen molar-refractivity contribution in [2.75, 3.05) is 19.8 Å². The van der Waals surface area contributed by atoms with Gasteiger partial charge in [0.05, 0.1) is 26.2 Å². The summed E-state index contributed by atoms with van der Waals surface area (Å²) >= 11 is 0. The van der Waals surface area contributed by atoms with Gasteiger partial charge in [0.15, 0.2) is 0 Å². The predicted molar refractivity (Wildman–Crippen MR) is 140 cm³/mol. The van der Waals surface area contributed by atoms with Gasteiger partial charge >= 0.3 is 0 Å². The van der Waals surface area contributed by atoms with Gasteiger partial charge < -0.3 is 19.3 Å². The zero-order valence-electron chi connectivity index (χ0n) is 20.5. The first-order chi connectivity index (χ1) is 18.2. The molecular weight excluding hydrogens is 528 g/mol. The maximum atomic E-state index is 12.9. The topological polar surface area (TPSA) is 116 Å². The van der Waals surface area contributed by atoms with E-state index >= 15 is 0 Å². The average Bonchev–Trinajstić information content (AvgIpc) is 2.92. The van der Waals surface area contributed by atoms with Crippen LogP contribution in [0.3, 0.4) is 0 Å². The molecule has 1 N–H and O–H groups in total. The number of phenols is 1. The molecule has 0 aliphatic rings. The number of rotatable bonds is 11. The van der Waals surface area contributed by atoms with E-state index in [1.165, 1.54) is 60.7 Å². The van der Waals surface area contributed by atoms with Gasteiger partial charge in [0, 0.05) is 0 Å². The van der Waals surface area contributed by atoms with Crippen molar-refractivity contribution in [1.29, 1.82) is 0 Å². The lowest BCUT2D eigenvalue weighted by Gasteiger charge is -2.10. The molecule has 0 fully saturated rings. The summed E-state index contributed by atoms with van der Waals surface area (Å²) in [6, 6.07) is 23.7. The highest BCUT2D eigenvalue weighted by Gasteiger charge is 2.19. The van der Waals surface area contributed by atoms with Crippen molar-refractivity contribution in [2.45, 2.75) is 26.5 Å². The number of phenolic OH excluding ortho intramolecular Hbond substituents is 1. The summed E-state index contributed by atoms with van der Waals surface area (Å²) in [5.74, 6) is 1.54. The second-order valence-corrected chi connectivity index (χ2v) is 11.9. The lowest BCUT2D eigenvalue weighted by atomic mass is 10.3. The molecular formula is C28H26O8S2. The van der Waals surface area contributed by atoms with Gasteiger partial charge in [-0.15, -0.1) is 0 Å². The summed E-state index contributed by atoms with van der Waals surface area (Å²) in [5.41, 5.74) is 0. The molecule has 0 saturated carbocycles.